The third-order valence-electron chi connectivity index (χ3n) is 3.06. The molecule has 0 fully saturated rings. The van der Waals surface area contributed by atoms with Gasteiger partial charge in [-0.2, -0.15) is 0 Å². The summed E-state index contributed by atoms with van der Waals surface area (Å²) in [4.78, 5) is 8.32. The van der Waals surface area contributed by atoms with Crippen LogP contribution in [0.5, 0.6) is 0 Å². The second-order valence-corrected chi connectivity index (χ2v) is 5.27. The molecule has 2 aromatic rings. The Morgan fingerprint density at radius 3 is 2.42 bits per heavy atom. The summed E-state index contributed by atoms with van der Waals surface area (Å²) >= 11 is 3.29. The van der Waals surface area contributed by atoms with Gasteiger partial charge in [0.15, 0.2) is 0 Å². The molecule has 1 heterocycles. The number of aliphatic hydroxyl groups excluding tert-OH is 1. The molecule has 0 aliphatic rings. The molecule has 0 bridgehead atoms. The lowest BCUT2D eigenvalue weighted by Gasteiger charge is -2.23. The molecule has 1 aromatic heterocycles. The highest BCUT2D eigenvalue weighted by Gasteiger charge is 2.18. The number of hydrogen-bond acceptors (Lipinski definition) is 4. The molecular formula is C14H16BrN3O. The highest BCUT2D eigenvalue weighted by Crippen LogP contribution is 2.21. The Kier molecular flexibility index (Phi) is 4.87. The van der Waals surface area contributed by atoms with E-state index in [2.05, 4.69) is 50.3 Å². The van der Waals surface area contributed by atoms with Gasteiger partial charge in [-0.15, -0.1) is 0 Å². The van der Waals surface area contributed by atoms with Crippen molar-refractivity contribution in [2.45, 2.75) is 18.9 Å². The highest BCUT2D eigenvalue weighted by atomic mass is 79.9. The van der Waals surface area contributed by atoms with E-state index in [4.69, 9.17) is 0 Å². The third-order valence-corrected chi connectivity index (χ3v) is 3.47. The second kappa shape index (κ2) is 6.63. The van der Waals surface area contributed by atoms with Crippen molar-refractivity contribution in [3.63, 3.8) is 0 Å². The summed E-state index contributed by atoms with van der Waals surface area (Å²) in [5.74, 6) is 0.684. The minimum atomic E-state index is -0.122. The molecule has 0 aliphatic carbocycles. The number of rotatable bonds is 5. The number of nitrogens with zero attached hydrogens (tertiary/aromatic N) is 2. The van der Waals surface area contributed by atoms with Crippen LogP contribution >= 0.6 is 15.9 Å². The molecule has 0 spiro atoms. The molecular weight excluding hydrogens is 306 g/mol. The van der Waals surface area contributed by atoms with Crippen molar-refractivity contribution in [1.82, 2.24) is 9.97 Å². The van der Waals surface area contributed by atoms with E-state index < -0.39 is 0 Å². The number of aromatic nitrogens is 2. The lowest BCUT2D eigenvalue weighted by Crippen LogP contribution is -2.30. The third kappa shape index (κ3) is 3.75. The summed E-state index contributed by atoms with van der Waals surface area (Å²) in [5.41, 5.74) is 1.17. The number of anilines is 1. The second-order valence-electron chi connectivity index (χ2n) is 4.36. The van der Waals surface area contributed by atoms with Gasteiger partial charge < -0.3 is 10.4 Å². The molecule has 2 unspecified atom stereocenters. The lowest BCUT2D eigenvalue weighted by molar-refractivity contribution is 0.261. The zero-order valence-corrected chi connectivity index (χ0v) is 12.2. The largest absolute Gasteiger partial charge is 0.394 e. The first-order chi connectivity index (χ1) is 9.20. The molecule has 0 saturated heterocycles. The van der Waals surface area contributed by atoms with E-state index in [0.29, 0.717) is 5.95 Å². The molecule has 2 atom stereocenters. The van der Waals surface area contributed by atoms with E-state index in [1.54, 1.807) is 12.4 Å². The van der Waals surface area contributed by atoms with Crippen molar-refractivity contribution in [2.24, 2.45) is 0 Å². The van der Waals surface area contributed by atoms with Crippen molar-refractivity contribution < 1.29 is 5.11 Å². The van der Waals surface area contributed by atoms with E-state index in [1.807, 2.05) is 18.2 Å². The Morgan fingerprint density at radius 1 is 1.21 bits per heavy atom. The maximum Gasteiger partial charge on any atom is 0.222 e. The van der Waals surface area contributed by atoms with Gasteiger partial charge in [0, 0.05) is 18.3 Å². The monoisotopic (exact) mass is 321 g/mol. The van der Waals surface area contributed by atoms with Crippen LogP contribution in [0.1, 0.15) is 18.4 Å². The highest BCUT2D eigenvalue weighted by molar-refractivity contribution is 9.10. The van der Waals surface area contributed by atoms with Crippen LogP contribution in [0.25, 0.3) is 0 Å². The van der Waals surface area contributed by atoms with Crippen LogP contribution in [0.4, 0.5) is 5.95 Å². The Morgan fingerprint density at radius 2 is 1.84 bits per heavy atom. The molecule has 0 saturated carbocycles. The zero-order chi connectivity index (χ0) is 13.7. The van der Waals surface area contributed by atoms with Crippen molar-refractivity contribution in [1.29, 1.82) is 0 Å². The Balaban J connectivity index is 2.10. The van der Waals surface area contributed by atoms with Gasteiger partial charge in [-0.1, -0.05) is 37.3 Å². The number of nitrogens with one attached hydrogen (secondary N) is 1. The number of benzene rings is 1. The molecule has 0 amide bonds. The lowest BCUT2D eigenvalue weighted by atomic mass is 9.94. The normalized spacial score (nSPS) is 13.8. The first-order valence-corrected chi connectivity index (χ1v) is 6.90. The van der Waals surface area contributed by atoms with Crippen LogP contribution < -0.4 is 5.32 Å². The van der Waals surface area contributed by atoms with Crippen LogP contribution in [0.15, 0.2) is 47.2 Å². The molecule has 2 N–H and O–H groups in total. The summed E-state index contributed by atoms with van der Waals surface area (Å²) in [6.45, 7) is 2.09. The van der Waals surface area contributed by atoms with Gasteiger partial charge in [-0.3, -0.25) is 0 Å². The molecule has 100 valence electrons. The molecule has 4 nitrogen and oxygen atoms in total. The predicted octanol–water partition coefficient (Wildman–Crippen LogP) is 2.82. The fourth-order valence-electron chi connectivity index (χ4n) is 1.87. The van der Waals surface area contributed by atoms with Gasteiger partial charge in [0.2, 0.25) is 5.95 Å². The quantitative estimate of drug-likeness (QED) is 0.889. The number of halogens is 1. The minimum Gasteiger partial charge on any atom is -0.394 e. The smallest absolute Gasteiger partial charge is 0.222 e. The van der Waals surface area contributed by atoms with Gasteiger partial charge in [-0.25, -0.2) is 9.97 Å². The fraction of sp³-hybridized carbons (Fsp3) is 0.286. The predicted molar refractivity (Wildman–Crippen MR) is 79.1 cm³/mol. The van der Waals surface area contributed by atoms with Gasteiger partial charge >= 0.3 is 0 Å². The summed E-state index contributed by atoms with van der Waals surface area (Å²) in [6.07, 6.45) is 3.36. The van der Waals surface area contributed by atoms with Gasteiger partial charge in [0.1, 0.15) is 0 Å². The topological polar surface area (TPSA) is 58.0 Å². The van der Waals surface area contributed by atoms with E-state index >= 15 is 0 Å². The number of hydrogen-bond donors (Lipinski definition) is 2. The first kappa shape index (κ1) is 14.0. The van der Waals surface area contributed by atoms with Crippen molar-refractivity contribution in [3.05, 3.63) is 52.8 Å². The summed E-state index contributed by atoms with van der Waals surface area (Å²) < 4.78 is 0.828. The van der Waals surface area contributed by atoms with Crippen molar-refractivity contribution in [2.75, 3.05) is 11.9 Å². The van der Waals surface area contributed by atoms with Crippen LogP contribution in [-0.4, -0.2) is 27.7 Å². The Labute approximate surface area is 121 Å². The molecule has 0 radical (unpaired) electrons. The Bertz CT molecular complexity index is 504. The average molecular weight is 322 g/mol. The van der Waals surface area contributed by atoms with Crippen LogP contribution in [0.2, 0.25) is 0 Å². The van der Waals surface area contributed by atoms with Crippen LogP contribution in [-0.2, 0) is 0 Å². The first-order valence-electron chi connectivity index (χ1n) is 6.10. The van der Waals surface area contributed by atoms with E-state index in [1.165, 1.54) is 5.56 Å². The van der Waals surface area contributed by atoms with Crippen molar-refractivity contribution in [3.8, 4) is 0 Å². The van der Waals surface area contributed by atoms with Gasteiger partial charge in [-0.05, 0) is 21.5 Å². The van der Waals surface area contributed by atoms with Crippen LogP contribution in [0.3, 0.4) is 0 Å². The molecule has 2 rings (SSSR count). The standard InChI is InChI=1S/C14H16BrN3O/c1-10(11-5-3-2-4-6-11)13(9-19)18-14-16-7-12(15)8-17-14/h2-8,10,13,19H,9H2,1H3,(H,16,17,18). The summed E-state index contributed by atoms with van der Waals surface area (Å²) in [6, 6.07) is 9.96. The zero-order valence-electron chi connectivity index (χ0n) is 10.6. The molecule has 5 heteroatoms. The minimum absolute atomic E-state index is 0.0233. The fourth-order valence-corrected chi connectivity index (χ4v) is 2.08. The molecule has 0 aliphatic heterocycles. The maximum absolute atomic E-state index is 9.55. The number of aliphatic hydroxyl groups is 1. The molecule has 1 aromatic carbocycles. The molecule has 19 heavy (non-hydrogen) atoms. The van der Waals surface area contributed by atoms with Gasteiger partial charge in [0.25, 0.3) is 0 Å². The summed E-state index contributed by atoms with van der Waals surface area (Å²) in [5, 5.41) is 12.7. The average Bonchev–Trinajstić information content (AvgIpc) is 2.47. The Hall–Kier alpha value is -1.46. The maximum atomic E-state index is 9.55. The summed E-state index contributed by atoms with van der Waals surface area (Å²) in [7, 11) is 0. The van der Waals surface area contributed by atoms with E-state index in [9.17, 15) is 5.11 Å². The van der Waals surface area contributed by atoms with E-state index in [0.717, 1.165) is 4.47 Å². The SMILES string of the molecule is CC(c1ccccc1)C(CO)Nc1ncc(Br)cn1. The van der Waals surface area contributed by atoms with Crippen LogP contribution in [0, 0.1) is 0 Å². The van der Waals surface area contributed by atoms with Gasteiger partial charge in [0.05, 0.1) is 17.1 Å². The van der Waals surface area contributed by atoms with Crippen molar-refractivity contribution >= 4 is 21.9 Å². The van der Waals surface area contributed by atoms with E-state index in [-0.39, 0.29) is 18.6 Å².